The molecule has 0 radical (unpaired) electrons. The van der Waals surface area contributed by atoms with Crippen molar-refractivity contribution >= 4 is 23.5 Å². The minimum absolute atomic E-state index is 0.00571. The number of carbonyl (C=O) groups excluding carboxylic acids is 1. The molecular formula is C18H20ClN3O3. The van der Waals surface area contributed by atoms with Crippen LogP contribution in [-0.2, 0) is 4.79 Å². The van der Waals surface area contributed by atoms with Crippen molar-refractivity contribution in [3.8, 4) is 5.69 Å². The molecule has 1 aliphatic heterocycles. The fraction of sp³-hybridized carbons (Fsp3) is 0.389. The molecule has 0 aliphatic carbocycles. The summed E-state index contributed by atoms with van der Waals surface area (Å²) in [4.78, 5) is 25.9. The number of nitrogens with zero attached hydrogens (tertiary/aromatic N) is 3. The van der Waals surface area contributed by atoms with Crippen LogP contribution in [0, 0.1) is 12.8 Å². The van der Waals surface area contributed by atoms with Gasteiger partial charge >= 0.3 is 5.97 Å². The molecule has 0 spiro atoms. The molecule has 1 aliphatic rings. The first-order valence-corrected chi connectivity index (χ1v) is 8.61. The number of rotatable bonds is 3. The van der Waals surface area contributed by atoms with Gasteiger partial charge in [0, 0.05) is 12.6 Å². The molecule has 0 bridgehead atoms. The van der Waals surface area contributed by atoms with Crippen molar-refractivity contribution in [2.75, 3.05) is 6.54 Å². The minimum Gasteiger partial charge on any atom is -0.481 e. The molecule has 2 heterocycles. The van der Waals surface area contributed by atoms with Crippen LogP contribution in [0.4, 0.5) is 0 Å². The Labute approximate surface area is 151 Å². The van der Waals surface area contributed by atoms with Gasteiger partial charge in [0.1, 0.15) is 0 Å². The van der Waals surface area contributed by atoms with Crippen LogP contribution < -0.4 is 0 Å². The number of para-hydroxylation sites is 1. The van der Waals surface area contributed by atoms with Gasteiger partial charge in [0.2, 0.25) is 0 Å². The molecule has 1 aromatic heterocycles. The summed E-state index contributed by atoms with van der Waals surface area (Å²) in [5.41, 5.74) is 1.86. The number of halogens is 1. The highest BCUT2D eigenvalue weighted by Crippen LogP contribution is 2.26. The third-order valence-electron chi connectivity index (χ3n) is 4.81. The second-order valence-electron chi connectivity index (χ2n) is 6.43. The van der Waals surface area contributed by atoms with Crippen molar-refractivity contribution in [2.45, 2.75) is 32.7 Å². The number of benzene rings is 1. The lowest BCUT2D eigenvalue weighted by molar-refractivity contribution is -0.143. The highest BCUT2D eigenvalue weighted by molar-refractivity contribution is 6.32. The van der Waals surface area contributed by atoms with E-state index in [1.54, 1.807) is 15.6 Å². The van der Waals surface area contributed by atoms with E-state index in [2.05, 4.69) is 5.10 Å². The number of carboxylic acids is 1. The standard InChI is InChI=1S/C18H20ClN3O3/c1-11-7-8-13(18(24)25)10-21(11)17(23)14-9-20-22(12(14)2)16-6-4-3-5-15(16)19/h3-6,9,11,13H,7-8,10H2,1-2H3,(H,24,25). The monoisotopic (exact) mass is 361 g/mol. The number of hydrogen-bond acceptors (Lipinski definition) is 3. The molecule has 6 nitrogen and oxygen atoms in total. The largest absolute Gasteiger partial charge is 0.481 e. The van der Waals surface area contributed by atoms with Crippen molar-refractivity contribution in [2.24, 2.45) is 5.92 Å². The Morgan fingerprint density at radius 2 is 2.00 bits per heavy atom. The summed E-state index contributed by atoms with van der Waals surface area (Å²) in [6.07, 6.45) is 2.80. The van der Waals surface area contributed by atoms with Crippen molar-refractivity contribution in [1.82, 2.24) is 14.7 Å². The van der Waals surface area contributed by atoms with Crippen LogP contribution in [0.25, 0.3) is 5.69 Å². The molecule has 1 fully saturated rings. The molecule has 25 heavy (non-hydrogen) atoms. The summed E-state index contributed by atoms with van der Waals surface area (Å²) in [7, 11) is 0. The van der Waals surface area contributed by atoms with Crippen molar-refractivity contribution < 1.29 is 14.7 Å². The zero-order valence-corrected chi connectivity index (χ0v) is 14.9. The Kier molecular flexibility index (Phi) is 4.81. The predicted molar refractivity (Wildman–Crippen MR) is 94.2 cm³/mol. The lowest BCUT2D eigenvalue weighted by Gasteiger charge is -2.36. The van der Waals surface area contributed by atoms with Gasteiger partial charge in [-0.05, 0) is 38.8 Å². The number of piperidine rings is 1. The molecule has 1 aromatic carbocycles. The normalized spacial score (nSPS) is 20.5. The zero-order chi connectivity index (χ0) is 18.1. The third-order valence-corrected chi connectivity index (χ3v) is 5.13. The molecule has 3 rings (SSSR count). The second-order valence-corrected chi connectivity index (χ2v) is 6.83. The first-order chi connectivity index (χ1) is 11.9. The molecule has 2 atom stereocenters. The van der Waals surface area contributed by atoms with Gasteiger partial charge in [0.25, 0.3) is 5.91 Å². The number of aromatic nitrogens is 2. The summed E-state index contributed by atoms with van der Waals surface area (Å²) < 4.78 is 1.64. The van der Waals surface area contributed by atoms with E-state index < -0.39 is 11.9 Å². The van der Waals surface area contributed by atoms with E-state index in [4.69, 9.17) is 11.6 Å². The second kappa shape index (κ2) is 6.88. The quantitative estimate of drug-likeness (QED) is 0.911. The molecular weight excluding hydrogens is 342 g/mol. The molecule has 1 amide bonds. The van der Waals surface area contributed by atoms with E-state index in [-0.39, 0.29) is 18.5 Å². The molecule has 2 unspecified atom stereocenters. The van der Waals surface area contributed by atoms with Gasteiger partial charge in [-0.25, -0.2) is 4.68 Å². The fourth-order valence-electron chi connectivity index (χ4n) is 3.23. The van der Waals surface area contributed by atoms with Gasteiger partial charge in [-0.3, -0.25) is 9.59 Å². The van der Waals surface area contributed by atoms with E-state index in [9.17, 15) is 14.7 Å². The van der Waals surface area contributed by atoms with Crippen LogP contribution in [0.3, 0.4) is 0 Å². The summed E-state index contributed by atoms with van der Waals surface area (Å²) in [5.74, 6) is -1.55. The van der Waals surface area contributed by atoms with Crippen LogP contribution in [0.5, 0.6) is 0 Å². The molecule has 132 valence electrons. The number of aliphatic carboxylic acids is 1. The molecule has 0 saturated carbocycles. The topological polar surface area (TPSA) is 75.4 Å². The van der Waals surface area contributed by atoms with Crippen LogP contribution in [0.15, 0.2) is 30.5 Å². The van der Waals surface area contributed by atoms with Crippen molar-refractivity contribution in [3.63, 3.8) is 0 Å². The predicted octanol–water partition coefficient (Wildman–Crippen LogP) is 3.16. The van der Waals surface area contributed by atoms with E-state index in [0.717, 1.165) is 0 Å². The fourth-order valence-corrected chi connectivity index (χ4v) is 3.45. The van der Waals surface area contributed by atoms with E-state index in [1.165, 1.54) is 6.20 Å². The maximum Gasteiger partial charge on any atom is 0.308 e. The van der Waals surface area contributed by atoms with Crippen LogP contribution in [0.2, 0.25) is 5.02 Å². The van der Waals surface area contributed by atoms with E-state index in [1.807, 2.05) is 32.0 Å². The van der Waals surface area contributed by atoms with Crippen molar-refractivity contribution in [1.29, 1.82) is 0 Å². The Bertz CT molecular complexity index is 818. The van der Waals surface area contributed by atoms with E-state index >= 15 is 0 Å². The molecule has 1 N–H and O–H groups in total. The van der Waals surface area contributed by atoms with Gasteiger partial charge in [-0.1, -0.05) is 23.7 Å². The van der Waals surface area contributed by atoms with Gasteiger partial charge < -0.3 is 10.0 Å². The lowest BCUT2D eigenvalue weighted by atomic mass is 9.93. The maximum absolute atomic E-state index is 13.0. The highest BCUT2D eigenvalue weighted by Gasteiger charge is 2.34. The summed E-state index contributed by atoms with van der Waals surface area (Å²) in [5, 5.41) is 14.1. The van der Waals surface area contributed by atoms with Gasteiger partial charge in [-0.15, -0.1) is 0 Å². The molecule has 2 aromatic rings. The number of carboxylic acid groups (broad SMARTS) is 1. The molecule has 1 saturated heterocycles. The Morgan fingerprint density at radius 3 is 2.68 bits per heavy atom. The maximum atomic E-state index is 13.0. The first kappa shape index (κ1) is 17.5. The first-order valence-electron chi connectivity index (χ1n) is 8.23. The highest BCUT2D eigenvalue weighted by atomic mass is 35.5. The third kappa shape index (κ3) is 3.26. The summed E-state index contributed by atoms with van der Waals surface area (Å²) in [6, 6.07) is 7.29. The number of likely N-dealkylation sites (tertiary alicyclic amines) is 1. The minimum atomic E-state index is -0.854. The summed E-state index contributed by atoms with van der Waals surface area (Å²) in [6.45, 7) is 3.99. The van der Waals surface area contributed by atoms with Crippen LogP contribution >= 0.6 is 11.6 Å². The lowest BCUT2D eigenvalue weighted by Crippen LogP contribution is -2.47. The SMILES string of the molecule is Cc1c(C(=O)N2CC(C(=O)O)CCC2C)cnn1-c1ccccc1Cl. The van der Waals surface area contributed by atoms with Crippen LogP contribution in [0.1, 0.15) is 35.8 Å². The van der Waals surface area contributed by atoms with Crippen molar-refractivity contribution in [3.05, 3.63) is 46.7 Å². The zero-order valence-electron chi connectivity index (χ0n) is 14.1. The number of carbonyl (C=O) groups is 2. The Hall–Kier alpha value is -2.34. The van der Waals surface area contributed by atoms with Crippen LogP contribution in [-0.4, -0.2) is 44.3 Å². The number of amides is 1. The van der Waals surface area contributed by atoms with Gasteiger partial charge in [0.05, 0.1) is 34.1 Å². The Morgan fingerprint density at radius 1 is 1.28 bits per heavy atom. The summed E-state index contributed by atoms with van der Waals surface area (Å²) >= 11 is 6.22. The Balaban J connectivity index is 1.91. The smallest absolute Gasteiger partial charge is 0.308 e. The van der Waals surface area contributed by atoms with Gasteiger partial charge in [0.15, 0.2) is 0 Å². The number of hydrogen-bond donors (Lipinski definition) is 1. The van der Waals surface area contributed by atoms with E-state index in [0.29, 0.717) is 34.8 Å². The average molecular weight is 362 g/mol. The average Bonchev–Trinajstić information content (AvgIpc) is 2.96. The van der Waals surface area contributed by atoms with Gasteiger partial charge in [-0.2, -0.15) is 5.10 Å². The molecule has 7 heteroatoms.